The lowest BCUT2D eigenvalue weighted by atomic mass is 9.96. The molecule has 0 aliphatic carbocycles. The third kappa shape index (κ3) is 4.58. The summed E-state index contributed by atoms with van der Waals surface area (Å²) in [6, 6.07) is 2.11. The zero-order valence-corrected chi connectivity index (χ0v) is 21.3. The fourth-order valence-corrected chi connectivity index (χ4v) is 5.93. The van der Waals surface area contributed by atoms with Crippen molar-refractivity contribution in [2.24, 2.45) is 5.84 Å². The molecule has 4 aromatic heterocycles. The number of hydrogen-bond acceptors (Lipinski definition) is 8. The maximum absolute atomic E-state index is 12.3. The molecular weight excluding hydrogens is 462 g/mol. The number of nitrogens with one attached hydrogen (secondary N) is 1. The van der Waals surface area contributed by atoms with Crippen molar-refractivity contribution in [3.8, 4) is 22.0 Å². The monoisotopic (exact) mass is 493 g/mol. The van der Waals surface area contributed by atoms with E-state index < -0.39 is 0 Å². The molecule has 184 valence electrons. The SMILES string of the molecule is Cc1cc(-c2n[nH]c(-c3ncc(C4CCN(C(=O)CN(C)N)CC4)s3)c2C(C)C)cn2ncnc12. The molecule has 0 saturated carbocycles. The molecule has 0 radical (unpaired) electrons. The fraction of sp³-hybridized carbons (Fsp3) is 0.458. The van der Waals surface area contributed by atoms with Gasteiger partial charge in [-0.05, 0) is 43.2 Å². The van der Waals surface area contributed by atoms with Crippen LogP contribution in [0.4, 0.5) is 0 Å². The van der Waals surface area contributed by atoms with Crippen molar-refractivity contribution in [1.29, 1.82) is 0 Å². The van der Waals surface area contributed by atoms with E-state index in [4.69, 9.17) is 15.9 Å². The molecule has 5 rings (SSSR count). The van der Waals surface area contributed by atoms with Crippen molar-refractivity contribution < 1.29 is 4.79 Å². The summed E-state index contributed by atoms with van der Waals surface area (Å²) in [5.74, 6) is 6.39. The van der Waals surface area contributed by atoms with Gasteiger partial charge in [0.1, 0.15) is 11.3 Å². The summed E-state index contributed by atoms with van der Waals surface area (Å²) in [6.07, 6.45) is 7.41. The second-order valence-corrected chi connectivity index (χ2v) is 10.7. The van der Waals surface area contributed by atoms with Crippen LogP contribution in [0, 0.1) is 6.92 Å². The number of pyridine rings is 1. The number of carbonyl (C=O) groups is 1. The average molecular weight is 494 g/mol. The van der Waals surface area contributed by atoms with Crippen LogP contribution in [0.25, 0.3) is 27.6 Å². The third-order valence-corrected chi connectivity index (χ3v) is 7.76. The highest BCUT2D eigenvalue weighted by Gasteiger charge is 2.27. The highest BCUT2D eigenvalue weighted by atomic mass is 32.1. The maximum Gasteiger partial charge on any atom is 0.238 e. The quantitative estimate of drug-likeness (QED) is 0.312. The first kappa shape index (κ1) is 23.6. The Morgan fingerprint density at radius 3 is 2.80 bits per heavy atom. The van der Waals surface area contributed by atoms with Gasteiger partial charge in [0.2, 0.25) is 5.91 Å². The summed E-state index contributed by atoms with van der Waals surface area (Å²) in [7, 11) is 1.71. The molecule has 3 N–H and O–H groups in total. The number of aryl methyl sites for hydroxylation is 1. The lowest BCUT2D eigenvalue weighted by Gasteiger charge is -2.32. The Bertz CT molecular complexity index is 1340. The molecule has 11 heteroatoms. The molecule has 1 aliphatic heterocycles. The minimum Gasteiger partial charge on any atom is -0.341 e. The Hall–Kier alpha value is -3.15. The second-order valence-electron chi connectivity index (χ2n) is 9.59. The zero-order chi connectivity index (χ0) is 24.7. The van der Waals surface area contributed by atoms with Crippen LogP contribution in [-0.4, -0.2) is 72.3 Å². The van der Waals surface area contributed by atoms with Gasteiger partial charge in [-0.1, -0.05) is 13.8 Å². The average Bonchev–Trinajstić information content (AvgIpc) is 3.57. The molecule has 0 spiro atoms. The molecule has 0 atom stereocenters. The van der Waals surface area contributed by atoms with Gasteiger partial charge >= 0.3 is 0 Å². The van der Waals surface area contributed by atoms with E-state index in [9.17, 15) is 4.79 Å². The number of thiazole rings is 1. The molecule has 10 nitrogen and oxygen atoms in total. The van der Waals surface area contributed by atoms with Gasteiger partial charge in [-0.25, -0.2) is 19.5 Å². The van der Waals surface area contributed by atoms with Crippen molar-refractivity contribution in [3.05, 3.63) is 40.8 Å². The van der Waals surface area contributed by atoms with Gasteiger partial charge < -0.3 is 4.90 Å². The first-order valence-corrected chi connectivity index (χ1v) is 12.7. The number of nitrogens with zero attached hydrogens (tertiary/aromatic N) is 7. The molecule has 0 bridgehead atoms. The molecule has 4 aromatic rings. The van der Waals surface area contributed by atoms with Crippen molar-refractivity contribution in [3.63, 3.8) is 0 Å². The predicted molar refractivity (Wildman–Crippen MR) is 136 cm³/mol. The van der Waals surface area contributed by atoms with E-state index in [2.05, 4.69) is 35.1 Å². The van der Waals surface area contributed by atoms with Crippen LogP contribution in [0.15, 0.2) is 24.8 Å². The summed E-state index contributed by atoms with van der Waals surface area (Å²) < 4.78 is 1.80. The highest BCUT2D eigenvalue weighted by molar-refractivity contribution is 7.15. The number of amides is 1. The minimum absolute atomic E-state index is 0.0873. The number of hydrogen-bond donors (Lipinski definition) is 2. The first-order valence-electron chi connectivity index (χ1n) is 11.9. The summed E-state index contributed by atoms with van der Waals surface area (Å²) in [4.78, 5) is 24.6. The molecule has 1 fully saturated rings. The molecule has 0 unspecified atom stereocenters. The van der Waals surface area contributed by atoms with E-state index in [1.54, 1.807) is 29.2 Å². The number of nitrogens with two attached hydrogens (primary N) is 1. The molecule has 35 heavy (non-hydrogen) atoms. The van der Waals surface area contributed by atoms with Crippen LogP contribution in [0.1, 0.15) is 54.5 Å². The van der Waals surface area contributed by atoms with Crippen molar-refractivity contribution in [1.82, 2.24) is 39.7 Å². The van der Waals surface area contributed by atoms with Crippen molar-refractivity contribution >= 4 is 22.9 Å². The Balaban J connectivity index is 1.39. The van der Waals surface area contributed by atoms with Gasteiger partial charge in [0.05, 0.1) is 17.9 Å². The summed E-state index contributed by atoms with van der Waals surface area (Å²) in [5, 5.41) is 14.7. The number of carbonyl (C=O) groups excluding carboxylic acids is 1. The van der Waals surface area contributed by atoms with Gasteiger partial charge in [-0.3, -0.25) is 15.7 Å². The maximum atomic E-state index is 12.3. The predicted octanol–water partition coefficient (Wildman–Crippen LogP) is 3.19. The molecule has 1 amide bonds. The van der Waals surface area contributed by atoms with E-state index in [1.807, 2.05) is 24.2 Å². The van der Waals surface area contributed by atoms with Crippen LogP contribution in [-0.2, 0) is 4.79 Å². The number of rotatable bonds is 6. The molecular formula is C24H31N9OS. The fourth-order valence-electron chi connectivity index (χ4n) is 4.84. The van der Waals surface area contributed by atoms with Gasteiger partial charge in [-0.15, -0.1) is 11.3 Å². The van der Waals surface area contributed by atoms with Gasteiger partial charge in [0.15, 0.2) is 5.65 Å². The highest BCUT2D eigenvalue weighted by Crippen LogP contribution is 2.40. The molecule has 5 heterocycles. The number of likely N-dealkylation sites (tertiary alicyclic amines) is 1. The Labute approximate surface area is 208 Å². The minimum atomic E-state index is 0.0873. The molecule has 0 aromatic carbocycles. The van der Waals surface area contributed by atoms with E-state index >= 15 is 0 Å². The van der Waals surface area contributed by atoms with Crippen LogP contribution >= 0.6 is 11.3 Å². The number of hydrazine groups is 1. The number of aromatic nitrogens is 6. The topological polar surface area (TPSA) is 121 Å². The number of likely N-dealkylation sites (N-methyl/N-ethyl adjacent to an activating group) is 1. The van der Waals surface area contributed by atoms with E-state index in [0.717, 1.165) is 64.7 Å². The summed E-state index contributed by atoms with van der Waals surface area (Å²) in [6.45, 7) is 8.15. The normalized spacial score (nSPS) is 15.1. The lowest BCUT2D eigenvalue weighted by molar-refractivity contribution is -0.133. The second kappa shape index (κ2) is 9.48. The zero-order valence-electron chi connectivity index (χ0n) is 20.5. The largest absolute Gasteiger partial charge is 0.341 e. The number of piperidine rings is 1. The van der Waals surface area contributed by atoms with Crippen LogP contribution < -0.4 is 5.84 Å². The molecule has 1 saturated heterocycles. The Morgan fingerprint density at radius 1 is 1.31 bits per heavy atom. The van der Waals surface area contributed by atoms with Gasteiger partial charge in [0.25, 0.3) is 0 Å². The number of aromatic amines is 1. The van der Waals surface area contributed by atoms with Crippen LogP contribution in [0.3, 0.4) is 0 Å². The first-order chi connectivity index (χ1) is 16.8. The van der Waals surface area contributed by atoms with E-state index in [0.29, 0.717) is 5.92 Å². The Kier molecular flexibility index (Phi) is 6.39. The summed E-state index contributed by atoms with van der Waals surface area (Å²) >= 11 is 1.72. The van der Waals surface area contributed by atoms with Gasteiger partial charge in [0, 0.05) is 48.5 Å². The van der Waals surface area contributed by atoms with Crippen molar-refractivity contribution in [2.75, 3.05) is 26.7 Å². The van der Waals surface area contributed by atoms with Crippen LogP contribution in [0.2, 0.25) is 0 Å². The lowest BCUT2D eigenvalue weighted by Crippen LogP contribution is -2.44. The Morgan fingerprint density at radius 2 is 2.09 bits per heavy atom. The summed E-state index contributed by atoms with van der Waals surface area (Å²) in [5.41, 5.74) is 5.95. The third-order valence-electron chi connectivity index (χ3n) is 6.59. The number of H-pyrrole nitrogens is 1. The molecule has 1 aliphatic rings. The smallest absolute Gasteiger partial charge is 0.238 e. The number of fused-ring (bicyclic) bond motifs is 1. The van der Waals surface area contributed by atoms with E-state index in [-0.39, 0.29) is 18.4 Å². The standard InChI is InChI=1S/C24H31N9OS/c1-14(2)20-21(17-9-15(3)23-27-13-28-33(23)11-17)29-30-22(20)24-26-10-18(35-24)16-5-7-32(8-6-16)19(34)12-31(4)25/h9-11,13-14,16H,5-8,12,25H2,1-4H3,(H,29,30). The van der Waals surface area contributed by atoms with Crippen LogP contribution in [0.5, 0.6) is 0 Å². The van der Waals surface area contributed by atoms with E-state index in [1.165, 1.54) is 9.89 Å². The van der Waals surface area contributed by atoms with Gasteiger partial charge in [-0.2, -0.15) is 10.2 Å². The van der Waals surface area contributed by atoms with Crippen molar-refractivity contribution in [2.45, 2.75) is 45.4 Å².